The van der Waals surface area contributed by atoms with Crippen molar-refractivity contribution in [3.05, 3.63) is 12.2 Å². The van der Waals surface area contributed by atoms with Gasteiger partial charge in [0.25, 0.3) is 0 Å². The van der Waals surface area contributed by atoms with E-state index < -0.39 is 0 Å². The van der Waals surface area contributed by atoms with Gasteiger partial charge in [-0.05, 0) is 32.1 Å². The average molecular weight is 323 g/mol. The zero-order valence-electron chi connectivity index (χ0n) is 16.5. The van der Waals surface area contributed by atoms with Crippen molar-refractivity contribution in [2.45, 2.75) is 118 Å². The second-order valence-electron chi connectivity index (χ2n) is 8.01. The largest absolute Gasteiger partial charge is 0.299 e. The SMILES string of the molecule is CCCCCCCC/C=C\CCCCCCCC(=O)C(C)(C)C. The Morgan fingerprint density at radius 1 is 0.696 bits per heavy atom. The van der Waals surface area contributed by atoms with Crippen LogP contribution in [0.2, 0.25) is 0 Å². The summed E-state index contributed by atoms with van der Waals surface area (Å²) in [7, 11) is 0. The number of carbonyl (C=O) groups is 1. The maximum atomic E-state index is 11.8. The summed E-state index contributed by atoms with van der Waals surface area (Å²) in [5.41, 5.74) is -0.152. The monoisotopic (exact) mass is 322 g/mol. The minimum Gasteiger partial charge on any atom is -0.299 e. The lowest BCUT2D eigenvalue weighted by Gasteiger charge is -2.16. The van der Waals surface area contributed by atoms with Crippen LogP contribution in [0, 0.1) is 5.41 Å². The molecule has 23 heavy (non-hydrogen) atoms. The fraction of sp³-hybridized carbons (Fsp3) is 0.864. The molecule has 0 heterocycles. The molecule has 0 rings (SSSR count). The Morgan fingerprint density at radius 3 is 1.61 bits per heavy atom. The summed E-state index contributed by atoms with van der Waals surface area (Å²) >= 11 is 0. The van der Waals surface area contributed by atoms with E-state index in [0.717, 1.165) is 12.8 Å². The Hall–Kier alpha value is -0.590. The van der Waals surface area contributed by atoms with Gasteiger partial charge in [0, 0.05) is 11.8 Å². The van der Waals surface area contributed by atoms with E-state index in [-0.39, 0.29) is 5.41 Å². The van der Waals surface area contributed by atoms with Crippen molar-refractivity contribution >= 4 is 5.78 Å². The molecule has 0 saturated heterocycles. The lowest BCUT2D eigenvalue weighted by Crippen LogP contribution is -2.19. The Kier molecular flexibility index (Phi) is 14.6. The Balaban J connectivity index is 3.24. The van der Waals surface area contributed by atoms with Gasteiger partial charge >= 0.3 is 0 Å². The molecule has 1 nitrogen and oxygen atoms in total. The van der Waals surface area contributed by atoms with Gasteiger partial charge in [0.05, 0.1) is 0 Å². The third-order valence-electron chi connectivity index (χ3n) is 4.50. The quantitative estimate of drug-likeness (QED) is 0.223. The number of allylic oxidation sites excluding steroid dienone is 2. The first-order valence-electron chi connectivity index (χ1n) is 10.2. The van der Waals surface area contributed by atoms with Crippen molar-refractivity contribution in [1.29, 1.82) is 0 Å². The minimum atomic E-state index is -0.152. The molecule has 0 aromatic rings. The van der Waals surface area contributed by atoms with Gasteiger partial charge < -0.3 is 0 Å². The van der Waals surface area contributed by atoms with Crippen LogP contribution in [0.3, 0.4) is 0 Å². The summed E-state index contributed by atoms with van der Waals surface area (Å²) < 4.78 is 0. The molecule has 1 heteroatoms. The highest BCUT2D eigenvalue weighted by molar-refractivity contribution is 5.83. The number of rotatable bonds is 15. The highest BCUT2D eigenvalue weighted by Crippen LogP contribution is 2.19. The van der Waals surface area contributed by atoms with E-state index in [0.29, 0.717) is 5.78 Å². The van der Waals surface area contributed by atoms with Crippen molar-refractivity contribution in [3.8, 4) is 0 Å². The number of ketones is 1. The molecule has 0 fully saturated rings. The van der Waals surface area contributed by atoms with Gasteiger partial charge in [-0.3, -0.25) is 4.79 Å². The van der Waals surface area contributed by atoms with Crippen molar-refractivity contribution in [3.63, 3.8) is 0 Å². The Labute approximate surface area is 146 Å². The maximum absolute atomic E-state index is 11.8. The first-order chi connectivity index (χ1) is 11.0. The standard InChI is InChI=1S/C22H42O/c1-5-6-7-8-9-10-11-12-13-14-15-16-17-18-19-20-21(23)22(2,3)4/h12-13H,5-11,14-20H2,1-4H3/b13-12-. The van der Waals surface area contributed by atoms with Crippen molar-refractivity contribution < 1.29 is 4.79 Å². The van der Waals surface area contributed by atoms with Crippen molar-refractivity contribution in [2.75, 3.05) is 0 Å². The molecule has 0 saturated carbocycles. The van der Waals surface area contributed by atoms with E-state index in [2.05, 4.69) is 19.1 Å². The summed E-state index contributed by atoms with van der Waals surface area (Å²) in [6.07, 6.45) is 22.5. The average Bonchev–Trinajstić information content (AvgIpc) is 2.50. The summed E-state index contributed by atoms with van der Waals surface area (Å²) in [4.78, 5) is 11.8. The summed E-state index contributed by atoms with van der Waals surface area (Å²) in [6.45, 7) is 8.33. The summed E-state index contributed by atoms with van der Waals surface area (Å²) in [5.74, 6) is 0.412. The number of Topliss-reactive ketones (excluding diaryl/α,β-unsaturated/α-hetero) is 1. The zero-order chi connectivity index (χ0) is 17.4. The summed E-state index contributed by atoms with van der Waals surface area (Å²) in [6, 6.07) is 0. The zero-order valence-corrected chi connectivity index (χ0v) is 16.5. The first-order valence-corrected chi connectivity index (χ1v) is 10.2. The highest BCUT2D eigenvalue weighted by atomic mass is 16.1. The number of carbonyl (C=O) groups excluding carboxylic acids is 1. The van der Waals surface area contributed by atoms with Gasteiger partial charge in [-0.1, -0.05) is 91.2 Å². The molecule has 0 aliphatic carbocycles. The van der Waals surface area contributed by atoms with Crippen LogP contribution in [-0.2, 0) is 4.79 Å². The fourth-order valence-corrected chi connectivity index (χ4v) is 2.73. The third-order valence-corrected chi connectivity index (χ3v) is 4.50. The van der Waals surface area contributed by atoms with E-state index in [1.807, 2.05) is 20.8 Å². The van der Waals surface area contributed by atoms with E-state index in [1.54, 1.807) is 0 Å². The molecule has 136 valence electrons. The fourth-order valence-electron chi connectivity index (χ4n) is 2.73. The number of hydrogen-bond donors (Lipinski definition) is 0. The van der Waals surface area contributed by atoms with Gasteiger partial charge in [0.15, 0.2) is 0 Å². The number of hydrogen-bond acceptors (Lipinski definition) is 1. The van der Waals surface area contributed by atoms with Crippen LogP contribution in [0.4, 0.5) is 0 Å². The molecule has 0 spiro atoms. The van der Waals surface area contributed by atoms with Crippen LogP contribution in [-0.4, -0.2) is 5.78 Å². The van der Waals surface area contributed by atoms with Gasteiger partial charge in [-0.15, -0.1) is 0 Å². The lowest BCUT2D eigenvalue weighted by molar-refractivity contribution is -0.126. The molecular weight excluding hydrogens is 280 g/mol. The molecule has 0 radical (unpaired) electrons. The number of unbranched alkanes of at least 4 members (excludes halogenated alkanes) is 11. The predicted molar refractivity (Wildman–Crippen MR) is 104 cm³/mol. The normalized spacial score (nSPS) is 12.2. The predicted octanol–water partition coefficient (Wildman–Crippen LogP) is 7.64. The smallest absolute Gasteiger partial charge is 0.138 e. The van der Waals surface area contributed by atoms with Crippen LogP contribution in [0.5, 0.6) is 0 Å². The molecule has 0 aliphatic heterocycles. The maximum Gasteiger partial charge on any atom is 0.138 e. The second-order valence-corrected chi connectivity index (χ2v) is 8.01. The lowest BCUT2D eigenvalue weighted by atomic mass is 9.88. The molecule has 0 unspecified atom stereocenters. The van der Waals surface area contributed by atoms with Crippen molar-refractivity contribution in [1.82, 2.24) is 0 Å². The van der Waals surface area contributed by atoms with Crippen molar-refractivity contribution in [2.24, 2.45) is 5.41 Å². The molecule has 0 amide bonds. The molecule has 0 aromatic carbocycles. The van der Waals surface area contributed by atoms with Crippen LogP contribution < -0.4 is 0 Å². The van der Waals surface area contributed by atoms with E-state index in [4.69, 9.17) is 0 Å². The Morgan fingerprint density at radius 2 is 1.13 bits per heavy atom. The first kappa shape index (κ1) is 22.4. The van der Waals surface area contributed by atoms with Gasteiger partial charge in [0.1, 0.15) is 5.78 Å². The molecular formula is C22H42O. The Bertz CT molecular complexity index is 296. The highest BCUT2D eigenvalue weighted by Gasteiger charge is 2.19. The second kappa shape index (κ2) is 15.0. The van der Waals surface area contributed by atoms with Gasteiger partial charge in [0.2, 0.25) is 0 Å². The van der Waals surface area contributed by atoms with E-state index in [1.165, 1.54) is 77.0 Å². The van der Waals surface area contributed by atoms with Gasteiger partial charge in [-0.2, -0.15) is 0 Å². The molecule has 0 N–H and O–H groups in total. The van der Waals surface area contributed by atoms with E-state index >= 15 is 0 Å². The minimum absolute atomic E-state index is 0.152. The third kappa shape index (κ3) is 16.1. The molecule has 0 bridgehead atoms. The molecule has 0 atom stereocenters. The van der Waals surface area contributed by atoms with Crippen LogP contribution in [0.25, 0.3) is 0 Å². The van der Waals surface area contributed by atoms with Crippen LogP contribution in [0.15, 0.2) is 12.2 Å². The van der Waals surface area contributed by atoms with E-state index in [9.17, 15) is 4.79 Å². The topological polar surface area (TPSA) is 17.1 Å². The van der Waals surface area contributed by atoms with Crippen LogP contribution >= 0.6 is 0 Å². The summed E-state index contributed by atoms with van der Waals surface area (Å²) in [5, 5.41) is 0. The van der Waals surface area contributed by atoms with Crippen LogP contribution in [0.1, 0.15) is 118 Å². The van der Waals surface area contributed by atoms with Gasteiger partial charge in [-0.25, -0.2) is 0 Å². The molecule has 0 aromatic heterocycles. The molecule has 0 aliphatic rings.